The van der Waals surface area contributed by atoms with Crippen molar-refractivity contribution in [1.82, 2.24) is 10.6 Å². The summed E-state index contributed by atoms with van der Waals surface area (Å²) in [6, 6.07) is 23.8. The molecule has 1 aliphatic carbocycles. The van der Waals surface area contributed by atoms with Gasteiger partial charge in [-0.25, -0.2) is 4.79 Å². The van der Waals surface area contributed by atoms with Crippen LogP contribution in [0.15, 0.2) is 142 Å². The van der Waals surface area contributed by atoms with Gasteiger partial charge in [0.25, 0.3) is 26.1 Å². The van der Waals surface area contributed by atoms with Crippen molar-refractivity contribution < 1.29 is 68.6 Å². The molecule has 0 saturated heterocycles. The topological polar surface area (TPSA) is 236 Å². The number of fused-ring (bicyclic) bond motifs is 2. The van der Waals surface area contributed by atoms with Gasteiger partial charge in [0.05, 0.1) is 54.3 Å². The van der Waals surface area contributed by atoms with Crippen LogP contribution in [-0.2, 0) is 54.8 Å². The third-order valence-electron chi connectivity index (χ3n) is 15.9. The van der Waals surface area contributed by atoms with Gasteiger partial charge in [-0.15, -0.1) is 0 Å². The molecule has 0 saturated carbocycles. The molecule has 0 spiro atoms. The number of carbonyl (C=O) groups excluding carboxylic acids is 3. The van der Waals surface area contributed by atoms with E-state index in [9.17, 15) is 40.3 Å². The van der Waals surface area contributed by atoms with Crippen molar-refractivity contribution in [2.24, 2.45) is 0 Å². The standard InChI is InChI=1S/C66H84N4O14S2/c1-8-9-37-69-57-21-13-12-20-55(57)65(3,4)59(69)33-24-48-18-15-19-49(62(48)84-51-26-28-52(29-27-51)85(74,75)76)25-34-60-66(5,6)56-46-53(86(77,78)79)30-32-58(56)70(60)38-14-10-11-22-61(71)67-35-16-39-81-41-43-83-44-42-82-40-17-36-68-63(72)50-23-31-54(47(2)45-50)64(73)80-7/h12-13,20-21,23-34,45-46H,8-11,14-19,22,35-44H2,1-7H3,(H3-,67,68,71,72,74,75,76,77,78,79)/p+1. The maximum Gasteiger partial charge on any atom is 0.338 e. The summed E-state index contributed by atoms with van der Waals surface area (Å²) in [6.07, 6.45) is 16.6. The van der Waals surface area contributed by atoms with E-state index in [4.69, 9.17) is 23.7 Å². The Bertz CT molecular complexity index is 3450. The Kier molecular flexibility index (Phi) is 23.8. The van der Waals surface area contributed by atoms with Gasteiger partial charge in [-0.1, -0.05) is 57.9 Å². The Morgan fingerprint density at radius 1 is 0.698 bits per heavy atom. The van der Waals surface area contributed by atoms with Gasteiger partial charge in [0, 0.05) is 85.8 Å². The van der Waals surface area contributed by atoms with Gasteiger partial charge in [-0.05, 0) is 161 Å². The van der Waals surface area contributed by atoms with Crippen LogP contribution in [-0.4, -0.2) is 127 Å². The summed E-state index contributed by atoms with van der Waals surface area (Å²) >= 11 is 0. The molecule has 2 aliphatic heterocycles. The van der Waals surface area contributed by atoms with E-state index in [2.05, 4.69) is 89.4 Å². The van der Waals surface area contributed by atoms with Crippen LogP contribution in [0.1, 0.15) is 143 Å². The van der Waals surface area contributed by atoms with Crippen LogP contribution < -0.4 is 20.3 Å². The number of carbonyl (C=O) groups is 3. The number of nitrogens with zero attached hydrogens (tertiary/aromatic N) is 2. The van der Waals surface area contributed by atoms with Crippen molar-refractivity contribution in [1.29, 1.82) is 0 Å². The lowest BCUT2D eigenvalue weighted by Crippen LogP contribution is -2.28. The predicted octanol–water partition coefficient (Wildman–Crippen LogP) is 11.1. The number of para-hydroxylation sites is 1. The zero-order valence-electron chi connectivity index (χ0n) is 50.7. The van der Waals surface area contributed by atoms with Gasteiger partial charge < -0.3 is 39.2 Å². The number of allylic oxidation sites excluding steroid dienone is 7. The number of anilines is 1. The number of esters is 1. The number of hydrogen-bond acceptors (Lipinski definition) is 13. The monoisotopic (exact) mass is 1220 g/mol. The number of hydrogen-bond donors (Lipinski definition) is 4. The fourth-order valence-electron chi connectivity index (χ4n) is 11.1. The molecule has 4 N–H and O–H groups in total. The first kappa shape index (κ1) is 66.7. The van der Waals surface area contributed by atoms with E-state index in [0.717, 1.165) is 73.2 Å². The second-order valence-electron chi connectivity index (χ2n) is 22.8. The largest absolute Gasteiger partial charge is 0.465 e. The highest BCUT2D eigenvalue weighted by atomic mass is 32.2. The van der Waals surface area contributed by atoms with Crippen molar-refractivity contribution >= 4 is 55.1 Å². The highest BCUT2D eigenvalue weighted by molar-refractivity contribution is 7.86. The molecule has 4 aromatic carbocycles. The second-order valence-corrected chi connectivity index (χ2v) is 25.6. The minimum Gasteiger partial charge on any atom is -0.465 e. The van der Waals surface area contributed by atoms with Crippen LogP contribution in [0.25, 0.3) is 0 Å². The highest BCUT2D eigenvalue weighted by Crippen LogP contribution is 2.49. The van der Waals surface area contributed by atoms with Gasteiger partial charge in [-0.3, -0.25) is 18.7 Å². The summed E-state index contributed by atoms with van der Waals surface area (Å²) in [6.45, 7) is 17.4. The maximum atomic E-state index is 12.9. The zero-order chi connectivity index (χ0) is 62.1. The van der Waals surface area contributed by atoms with Crippen molar-refractivity contribution in [3.05, 3.63) is 160 Å². The van der Waals surface area contributed by atoms with Gasteiger partial charge in [0.2, 0.25) is 11.6 Å². The molecule has 464 valence electrons. The van der Waals surface area contributed by atoms with E-state index in [1.807, 2.05) is 13.8 Å². The van der Waals surface area contributed by atoms with Crippen molar-refractivity contribution in [3.63, 3.8) is 0 Å². The van der Waals surface area contributed by atoms with E-state index in [0.29, 0.717) is 120 Å². The molecule has 20 heteroatoms. The van der Waals surface area contributed by atoms with Crippen LogP contribution in [0.2, 0.25) is 0 Å². The zero-order valence-corrected chi connectivity index (χ0v) is 52.4. The number of ether oxygens (including phenoxy) is 5. The van der Waals surface area contributed by atoms with Crippen LogP contribution in [0.4, 0.5) is 11.4 Å². The van der Waals surface area contributed by atoms with E-state index in [-0.39, 0.29) is 27.0 Å². The van der Waals surface area contributed by atoms with Crippen LogP contribution in [0.5, 0.6) is 5.75 Å². The van der Waals surface area contributed by atoms with Gasteiger partial charge >= 0.3 is 5.97 Å². The Morgan fingerprint density at radius 3 is 2.02 bits per heavy atom. The number of amides is 2. The summed E-state index contributed by atoms with van der Waals surface area (Å²) in [7, 11) is -7.61. The molecule has 0 fully saturated rings. The molecule has 7 rings (SSSR count). The first-order chi connectivity index (χ1) is 41.1. The lowest BCUT2D eigenvalue weighted by Gasteiger charge is -2.27. The number of aryl methyl sites for hydroxylation is 1. The Hall–Kier alpha value is -6.78. The number of unbranched alkanes of at least 4 members (excludes halogenated alkanes) is 3. The number of methoxy groups -OCH3 is 1. The Morgan fingerprint density at radius 2 is 1.36 bits per heavy atom. The van der Waals surface area contributed by atoms with Gasteiger partial charge in [0.15, 0.2) is 5.71 Å². The quantitative estimate of drug-likeness (QED) is 0.0154. The lowest BCUT2D eigenvalue weighted by atomic mass is 9.81. The molecular weight excluding hydrogens is 1140 g/mol. The first-order valence-corrected chi connectivity index (χ1v) is 32.6. The maximum absolute atomic E-state index is 12.9. The minimum absolute atomic E-state index is 0.0400. The smallest absolute Gasteiger partial charge is 0.338 e. The minimum atomic E-state index is -4.50. The van der Waals surface area contributed by atoms with Gasteiger partial charge in [-0.2, -0.15) is 21.4 Å². The molecule has 0 unspecified atom stereocenters. The van der Waals surface area contributed by atoms with Gasteiger partial charge in [0.1, 0.15) is 18.1 Å². The Labute approximate surface area is 507 Å². The molecule has 18 nitrogen and oxygen atoms in total. The van der Waals surface area contributed by atoms with Crippen LogP contribution >= 0.6 is 0 Å². The molecule has 2 amide bonds. The molecule has 4 aromatic rings. The van der Waals surface area contributed by atoms with Crippen molar-refractivity contribution in [2.45, 2.75) is 133 Å². The van der Waals surface area contributed by atoms with E-state index < -0.39 is 31.6 Å². The van der Waals surface area contributed by atoms with Crippen LogP contribution in [0.3, 0.4) is 0 Å². The summed E-state index contributed by atoms with van der Waals surface area (Å²) in [5.74, 6) is 0.317. The average molecular weight is 1220 g/mol. The molecule has 86 heavy (non-hydrogen) atoms. The third kappa shape index (κ3) is 17.5. The normalized spacial score (nSPS) is 16.5. The fourth-order valence-corrected chi connectivity index (χ4v) is 12.1. The highest BCUT2D eigenvalue weighted by Gasteiger charge is 2.44. The SMILES string of the molecule is CCCC[N+]1=C(C=CC2=C(Oc3ccc(S(=O)(=O)O)cc3)C(=CC=C3N(CCCCCC(=O)NCCCOCCOCCOCCCNC(=O)c4ccc(C(=O)OC)c(C)c4)c4ccc(S(=O)(=O)O)cc4C3(C)C)CCC2)C(C)(C)c2ccccc21. The lowest BCUT2D eigenvalue weighted by molar-refractivity contribution is -0.438. The summed E-state index contributed by atoms with van der Waals surface area (Å²) in [5, 5.41) is 5.84. The number of rotatable bonds is 32. The van der Waals surface area contributed by atoms with E-state index in [1.54, 1.807) is 37.3 Å². The number of benzene rings is 4. The molecule has 0 atom stereocenters. The number of nitrogens with one attached hydrogen (secondary N) is 2. The molecule has 0 aromatic heterocycles. The van der Waals surface area contributed by atoms with Crippen molar-refractivity contribution in [3.8, 4) is 5.75 Å². The second kappa shape index (κ2) is 30.7. The van der Waals surface area contributed by atoms with E-state index >= 15 is 0 Å². The average Bonchev–Trinajstić information content (AvgIpc) is 1.99. The molecular formula is C66H85N4O14S2+. The third-order valence-corrected chi connectivity index (χ3v) is 17.6. The summed E-state index contributed by atoms with van der Waals surface area (Å²) < 4.78 is 99.6. The summed E-state index contributed by atoms with van der Waals surface area (Å²) in [5.41, 5.74) is 8.57. The Balaban J connectivity index is 0.915. The predicted molar refractivity (Wildman–Crippen MR) is 332 cm³/mol. The first-order valence-electron chi connectivity index (χ1n) is 29.8. The fraction of sp³-hybridized carbons (Fsp3) is 0.455. The van der Waals surface area contributed by atoms with Crippen LogP contribution in [0, 0.1) is 6.92 Å². The molecule has 2 heterocycles. The molecule has 0 radical (unpaired) electrons. The van der Waals surface area contributed by atoms with E-state index in [1.165, 1.54) is 54.4 Å². The summed E-state index contributed by atoms with van der Waals surface area (Å²) in [4.78, 5) is 38.9. The molecule has 0 bridgehead atoms. The molecule has 3 aliphatic rings. The van der Waals surface area contributed by atoms with Crippen molar-refractivity contribution in [2.75, 3.05) is 77.8 Å².